The molecule has 4 heterocycles. The number of anilines is 9. The molecule has 11 aromatic carbocycles. The molecule has 0 radical (unpaired) electrons. The molecule has 0 fully saturated rings. The van der Waals surface area contributed by atoms with E-state index in [9.17, 15) is 0 Å². The second kappa shape index (κ2) is 21.2. The molecular weight excluding hydrogens is 1100 g/mol. The molecule has 0 spiro atoms. The predicted molar refractivity (Wildman–Crippen MR) is 390 cm³/mol. The first kappa shape index (κ1) is 57.7. The third-order valence-corrected chi connectivity index (χ3v) is 19.5. The number of aromatic nitrogens is 1. The molecule has 0 atom stereocenters. The molecule has 0 bridgehead atoms. The van der Waals surface area contributed by atoms with Gasteiger partial charge in [-0.25, -0.2) is 0 Å². The zero-order valence-corrected chi connectivity index (χ0v) is 55.1. The summed E-state index contributed by atoms with van der Waals surface area (Å²) in [5.41, 5.74) is 31.6. The van der Waals surface area contributed by atoms with Crippen molar-refractivity contribution >= 4 is 107 Å². The minimum atomic E-state index is -0.0975. The highest BCUT2D eigenvalue weighted by Gasteiger charge is 2.45. The molecule has 0 unspecified atom stereocenters. The fraction of sp³-hybridized carbons (Fsp3) is 0.200. The van der Waals surface area contributed by atoms with Crippen LogP contribution < -0.4 is 31.1 Å². The first-order chi connectivity index (χ1) is 43.6. The fourth-order valence-electron chi connectivity index (χ4n) is 15.0. The second-order valence-electron chi connectivity index (χ2n) is 28.9. The number of aryl methyl sites for hydroxylation is 5. The van der Waals surface area contributed by atoms with E-state index in [2.05, 4.69) is 341 Å². The number of para-hydroxylation sites is 3. The molecule has 0 aliphatic carbocycles. The van der Waals surface area contributed by atoms with E-state index in [-0.39, 0.29) is 23.0 Å². The zero-order chi connectivity index (χ0) is 63.2. The van der Waals surface area contributed by atoms with E-state index in [1.54, 1.807) is 0 Å². The Morgan fingerprint density at radius 3 is 1.59 bits per heavy atom. The monoisotopic (exact) mass is 1180 g/mol. The van der Waals surface area contributed by atoms with Gasteiger partial charge in [0.2, 0.25) is 0 Å². The maximum absolute atomic E-state index is 7.03. The van der Waals surface area contributed by atoms with Crippen LogP contribution in [-0.2, 0) is 16.2 Å². The Hall–Kier alpha value is -9.78. The van der Waals surface area contributed by atoms with Gasteiger partial charge in [-0.2, -0.15) is 0 Å². The van der Waals surface area contributed by atoms with E-state index < -0.39 is 0 Å². The molecule has 91 heavy (non-hydrogen) atoms. The average molecular weight is 1180 g/mol. The number of hydrogen-bond donors (Lipinski definition) is 0. The highest BCUT2D eigenvalue weighted by Crippen LogP contribution is 2.51. The van der Waals surface area contributed by atoms with Crippen LogP contribution in [0.1, 0.15) is 107 Å². The number of hydrogen-bond acceptors (Lipinski definition) is 4. The first-order valence-corrected chi connectivity index (χ1v) is 32.4. The molecule has 0 amide bonds. The van der Waals surface area contributed by atoms with E-state index in [1.165, 1.54) is 88.8 Å². The lowest BCUT2D eigenvalue weighted by Gasteiger charge is -2.45. The maximum Gasteiger partial charge on any atom is 0.252 e. The lowest BCUT2D eigenvalue weighted by atomic mass is 9.33. The van der Waals surface area contributed by atoms with Crippen LogP contribution in [-0.4, -0.2) is 11.3 Å². The second-order valence-corrected chi connectivity index (χ2v) is 28.9. The van der Waals surface area contributed by atoms with Gasteiger partial charge < -0.3 is 23.7 Å². The van der Waals surface area contributed by atoms with Gasteiger partial charge >= 0.3 is 0 Å². The standard InChI is InChI=1S/C85H79BN4O/c1-52-43-75-80-76(44-52)90(65-47-53(2)78(54(3)48-65)82-79(57-25-17-15-18-26-57)68-30-22-24-32-77(68)91-82)74-51-64(39-41-69(74)86(80)70-49-59(84(9,10)11)35-42-72(70)89(75)62-36-33-58(34-37-62)83(6,7)8)87(81-55(4)45-60(46-56(81)5)85(12,13)14)63-38-40-67-66-29-21-23-31-71(66)88(73(67)50-63)61-27-19-16-20-28-61/h15-51H,1-14H3. The van der Waals surface area contributed by atoms with Crippen molar-refractivity contribution in [3.05, 3.63) is 269 Å². The van der Waals surface area contributed by atoms with Gasteiger partial charge in [0.05, 0.1) is 16.7 Å². The van der Waals surface area contributed by atoms with Crippen molar-refractivity contribution in [3.8, 4) is 28.1 Å². The van der Waals surface area contributed by atoms with Crippen molar-refractivity contribution in [2.75, 3.05) is 14.7 Å². The van der Waals surface area contributed by atoms with E-state index in [1.807, 2.05) is 0 Å². The van der Waals surface area contributed by atoms with Gasteiger partial charge in [-0.3, -0.25) is 0 Å². The van der Waals surface area contributed by atoms with E-state index >= 15 is 0 Å². The third-order valence-electron chi connectivity index (χ3n) is 19.5. The Morgan fingerprint density at radius 2 is 0.934 bits per heavy atom. The molecule has 2 aliphatic rings. The number of fused-ring (bicyclic) bond motifs is 8. The Bertz CT molecular complexity index is 5020. The van der Waals surface area contributed by atoms with Crippen LogP contribution in [0.4, 0.5) is 51.2 Å². The lowest BCUT2D eigenvalue weighted by molar-refractivity contribution is 0.589. The summed E-state index contributed by atoms with van der Waals surface area (Å²) >= 11 is 0. The number of furan rings is 1. The zero-order valence-electron chi connectivity index (χ0n) is 55.1. The van der Waals surface area contributed by atoms with Crippen LogP contribution in [0.2, 0.25) is 0 Å². The first-order valence-electron chi connectivity index (χ1n) is 32.4. The number of rotatable bonds is 8. The van der Waals surface area contributed by atoms with Crippen LogP contribution in [0.3, 0.4) is 0 Å². The summed E-state index contributed by atoms with van der Waals surface area (Å²) in [6.07, 6.45) is 0. The van der Waals surface area contributed by atoms with Gasteiger partial charge in [-0.05, 0) is 208 Å². The molecular formula is C85H79BN4O. The topological polar surface area (TPSA) is 27.8 Å². The van der Waals surface area contributed by atoms with Gasteiger partial charge in [-0.1, -0.05) is 196 Å². The molecule has 0 saturated heterocycles. The van der Waals surface area contributed by atoms with Crippen LogP contribution in [0.5, 0.6) is 0 Å². The van der Waals surface area contributed by atoms with Crippen LogP contribution in [0.25, 0.3) is 60.9 Å². The highest BCUT2D eigenvalue weighted by molar-refractivity contribution is 7.00. The third kappa shape index (κ3) is 9.51. The molecule has 2 aliphatic heterocycles. The van der Waals surface area contributed by atoms with E-state index in [0.29, 0.717) is 0 Å². The van der Waals surface area contributed by atoms with Gasteiger partial charge in [-0.15, -0.1) is 0 Å². The molecule has 13 aromatic rings. The molecule has 0 saturated carbocycles. The van der Waals surface area contributed by atoms with Crippen molar-refractivity contribution < 1.29 is 4.42 Å². The summed E-state index contributed by atoms with van der Waals surface area (Å²) in [7, 11) is 0. The van der Waals surface area contributed by atoms with E-state index in [0.717, 1.165) is 84.2 Å². The average Bonchev–Trinajstić information content (AvgIpc) is 1.38. The fourth-order valence-corrected chi connectivity index (χ4v) is 15.0. The lowest BCUT2D eigenvalue weighted by Crippen LogP contribution is -2.61. The van der Waals surface area contributed by atoms with Gasteiger partial charge in [0.25, 0.3) is 6.71 Å². The Labute approximate surface area is 537 Å². The molecule has 5 nitrogen and oxygen atoms in total. The Kier molecular flexibility index (Phi) is 13.4. The largest absolute Gasteiger partial charge is 0.455 e. The SMILES string of the molecule is Cc1cc2c3c(c1)N(c1cc(C)c(-c4oc5ccccc5c4-c4ccccc4)c(C)c1)c1cc(N(c4ccc5c6ccccc6n(-c6ccccc6)c5c4)c4c(C)cc(C(C)(C)C)cc4C)ccc1B3c1cc(C(C)(C)C)ccc1N2c1ccc(C(C)(C)C)cc1. The van der Waals surface area contributed by atoms with Crippen molar-refractivity contribution in [2.45, 2.75) is 113 Å². The molecule has 2 aromatic heterocycles. The van der Waals surface area contributed by atoms with Crippen LogP contribution in [0.15, 0.2) is 229 Å². The summed E-state index contributed by atoms with van der Waals surface area (Å²) < 4.78 is 9.48. The van der Waals surface area contributed by atoms with Crippen molar-refractivity contribution in [2.24, 2.45) is 0 Å². The molecule has 0 N–H and O–H groups in total. The Balaban J connectivity index is 1.02. The van der Waals surface area contributed by atoms with Crippen LogP contribution >= 0.6 is 0 Å². The normalized spacial score (nSPS) is 13.1. The predicted octanol–water partition coefficient (Wildman–Crippen LogP) is 21.9. The summed E-state index contributed by atoms with van der Waals surface area (Å²) in [5, 5.41) is 3.56. The van der Waals surface area contributed by atoms with Crippen molar-refractivity contribution in [1.82, 2.24) is 4.57 Å². The minimum Gasteiger partial charge on any atom is -0.455 e. The van der Waals surface area contributed by atoms with Crippen LogP contribution in [0, 0.1) is 34.6 Å². The maximum atomic E-state index is 7.03. The summed E-state index contributed by atoms with van der Waals surface area (Å²) in [5.74, 6) is 0.893. The van der Waals surface area contributed by atoms with Gasteiger partial charge in [0, 0.05) is 78.5 Å². The summed E-state index contributed by atoms with van der Waals surface area (Å²) in [4.78, 5) is 7.72. The summed E-state index contributed by atoms with van der Waals surface area (Å²) in [6, 6.07) is 84.7. The minimum absolute atomic E-state index is 0.00764. The smallest absolute Gasteiger partial charge is 0.252 e. The number of benzene rings is 11. The van der Waals surface area contributed by atoms with Crippen molar-refractivity contribution in [1.29, 1.82) is 0 Å². The molecule has 448 valence electrons. The highest BCUT2D eigenvalue weighted by atomic mass is 16.3. The van der Waals surface area contributed by atoms with Crippen molar-refractivity contribution in [3.63, 3.8) is 0 Å². The molecule has 6 heteroatoms. The van der Waals surface area contributed by atoms with Gasteiger partial charge in [0.1, 0.15) is 11.3 Å². The Morgan fingerprint density at radius 1 is 0.374 bits per heavy atom. The number of nitrogens with zero attached hydrogens (tertiary/aromatic N) is 4. The molecule has 15 rings (SSSR count). The quantitative estimate of drug-likeness (QED) is 0.142. The van der Waals surface area contributed by atoms with Gasteiger partial charge in [0.15, 0.2) is 0 Å². The van der Waals surface area contributed by atoms with E-state index in [4.69, 9.17) is 4.42 Å². The summed E-state index contributed by atoms with van der Waals surface area (Å²) in [6.45, 7) is 32.2.